The zero-order valence-corrected chi connectivity index (χ0v) is 16.8. The van der Waals surface area contributed by atoms with Crippen LogP contribution in [0.2, 0.25) is 0 Å². The maximum Gasteiger partial charge on any atom is 0.314 e. The molecular formula is C25H32O2. The molecule has 144 valence electrons. The van der Waals surface area contributed by atoms with Gasteiger partial charge in [0.25, 0.3) is 0 Å². The van der Waals surface area contributed by atoms with E-state index >= 15 is 0 Å². The summed E-state index contributed by atoms with van der Waals surface area (Å²) in [5.41, 5.74) is 2.21. The molecule has 2 nitrogen and oxygen atoms in total. The fraction of sp³-hybridized carbons (Fsp3) is 0.480. The smallest absolute Gasteiger partial charge is 0.314 e. The fourth-order valence-corrected chi connectivity index (χ4v) is 4.35. The topological polar surface area (TPSA) is 26.3 Å². The van der Waals surface area contributed by atoms with E-state index in [0.717, 1.165) is 18.4 Å². The lowest BCUT2D eigenvalue weighted by molar-refractivity contribution is -0.157. The second-order valence-electron chi connectivity index (χ2n) is 8.45. The molecule has 2 heteroatoms. The molecule has 1 aliphatic rings. The van der Waals surface area contributed by atoms with Crippen LogP contribution in [0.3, 0.4) is 0 Å². The Morgan fingerprint density at radius 1 is 1.00 bits per heavy atom. The number of carbonyl (C=O) groups excluding carboxylic acids is 1. The van der Waals surface area contributed by atoms with E-state index in [1.165, 1.54) is 12.0 Å². The molecule has 0 radical (unpaired) electrons. The fourth-order valence-electron chi connectivity index (χ4n) is 4.35. The van der Waals surface area contributed by atoms with Crippen LogP contribution in [0.5, 0.6) is 0 Å². The minimum Gasteiger partial charge on any atom is -0.462 e. The molecule has 27 heavy (non-hydrogen) atoms. The monoisotopic (exact) mass is 364 g/mol. The van der Waals surface area contributed by atoms with Crippen LogP contribution < -0.4 is 0 Å². The standard InChI is InChI=1S/C25H32O2/c1-18(2)22-15-14-19(3)16-24(22)27-25(26)23(21-12-8-5-9-13-21)17-20-10-6-4-7-11-20/h4-13,18-19,22-24H,14-17H2,1-3H3/t19-,22-,23-,24+/m1/s1. The molecular weight excluding hydrogens is 332 g/mol. The third-order valence-corrected chi connectivity index (χ3v) is 6.00. The first-order valence-electron chi connectivity index (χ1n) is 10.3. The average Bonchev–Trinajstić information content (AvgIpc) is 2.67. The third-order valence-electron chi connectivity index (χ3n) is 6.00. The molecule has 1 saturated carbocycles. The van der Waals surface area contributed by atoms with Crippen LogP contribution in [-0.2, 0) is 16.0 Å². The first-order chi connectivity index (χ1) is 13.0. The van der Waals surface area contributed by atoms with E-state index < -0.39 is 0 Å². The highest BCUT2D eigenvalue weighted by Gasteiger charge is 2.35. The normalized spacial score (nSPS) is 23.8. The van der Waals surface area contributed by atoms with Crippen molar-refractivity contribution in [2.75, 3.05) is 0 Å². The zero-order valence-electron chi connectivity index (χ0n) is 16.8. The Morgan fingerprint density at radius 3 is 2.26 bits per heavy atom. The highest BCUT2D eigenvalue weighted by molar-refractivity contribution is 5.78. The van der Waals surface area contributed by atoms with Gasteiger partial charge in [0.1, 0.15) is 6.10 Å². The van der Waals surface area contributed by atoms with Crippen LogP contribution in [-0.4, -0.2) is 12.1 Å². The van der Waals surface area contributed by atoms with Gasteiger partial charge < -0.3 is 4.74 Å². The van der Waals surface area contributed by atoms with Gasteiger partial charge in [0.2, 0.25) is 0 Å². The van der Waals surface area contributed by atoms with Crippen LogP contribution in [0.1, 0.15) is 57.1 Å². The van der Waals surface area contributed by atoms with E-state index in [9.17, 15) is 4.79 Å². The molecule has 0 heterocycles. The van der Waals surface area contributed by atoms with Gasteiger partial charge in [-0.15, -0.1) is 0 Å². The number of hydrogen-bond donors (Lipinski definition) is 0. The third kappa shape index (κ3) is 5.22. The summed E-state index contributed by atoms with van der Waals surface area (Å²) in [6.07, 6.45) is 4.11. The van der Waals surface area contributed by atoms with Gasteiger partial charge in [0.05, 0.1) is 5.92 Å². The Morgan fingerprint density at radius 2 is 1.63 bits per heavy atom. The number of ether oxygens (including phenoxy) is 1. The maximum atomic E-state index is 13.3. The summed E-state index contributed by atoms with van der Waals surface area (Å²) in [6.45, 7) is 6.77. The quantitative estimate of drug-likeness (QED) is 0.586. The summed E-state index contributed by atoms with van der Waals surface area (Å²) in [6, 6.07) is 20.3. The van der Waals surface area contributed by atoms with E-state index in [1.54, 1.807) is 0 Å². The van der Waals surface area contributed by atoms with Crippen LogP contribution in [0.25, 0.3) is 0 Å². The predicted octanol–water partition coefficient (Wildman–Crippen LogP) is 6.02. The lowest BCUT2D eigenvalue weighted by atomic mass is 9.75. The number of benzene rings is 2. The van der Waals surface area contributed by atoms with Crippen molar-refractivity contribution >= 4 is 5.97 Å². The summed E-state index contributed by atoms with van der Waals surface area (Å²) in [7, 11) is 0. The van der Waals surface area contributed by atoms with Crippen molar-refractivity contribution in [3.05, 3.63) is 71.8 Å². The second kappa shape index (κ2) is 9.21. The summed E-state index contributed by atoms with van der Waals surface area (Å²) in [5.74, 6) is 1.31. The second-order valence-corrected chi connectivity index (χ2v) is 8.45. The van der Waals surface area contributed by atoms with E-state index in [-0.39, 0.29) is 18.0 Å². The number of esters is 1. The minimum atomic E-state index is -0.251. The SMILES string of the molecule is CC(C)[C@H]1CC[C@@H](C)C[C@@H]1OC(=O)[C@H](Cc1ccccc1)c1ccccc1. The summed E-state index contributed by atoms with van der Waals surface area (Å²) in [5, 5.41) is 0. The lowest BCUT2D eigenvalue weighted by Gasteiger charge is -2.37. The van der Waals surface area contributed by atoms with Gasteiger partial charge in [0.15, 0.2) is 0 Å². The Kier molecular flexibility index (Phi) is 6.71. The van der Waals surface area contributed by atoms with Crippen molar-refractivity contribution in [3.63, 3.8) is 0 Å². The van der Waals surface area contributed by atoms with Gasteiger partial charge in [-0.05, 0) is 48.1 Å². The van der Waals surface area contributed by atoms with Crippen LogP contribution in [0.15, 0.2) is 60.7 Å². The average molecular weight is 365 g/mol. The molecule has 2 aromatic rings. The molecule has 0 aliphatic heterocycles. The van der Waals surface area contributed by atoms with Crippen LogP contribution in [0, 0.1) is 17.8 Å². The first-order valence-corrected chi connectivity index (χ1v) is 10.3. The molecule has 0 amide bonds. The molecule has 1 aliphatic carbocycles. The predicted molar refractivity (Wildman–Crippen MR) is 111 cm³/mol. The molecule has 0 bridgehead atoms. The molecule has 0 spiro atoms. The van der Waals surface area contributed by atoms with E-state index in [1.807, 2.05) is 48.5 Å². The zero-order chi connectivity index (χ0) is 19.2. The largest absolute Gasteiger partial charge is 0.462 e. The van der Waals surface area contributed by atoms with Crippen molar-refractivity contribution in [2.24, 2.45) is 17.8 Å². The van der Waals surface area contributed by atoms with Gasteiger partial charge in [0, 0.05) is 0 Å². The Balaban J connectivity index is 1.79. The van der Waals surface area contributed by atoms with E-state index in [2.05, 4.69) is 32.9 Å². The Bertz CT molecular complexity index is 708. The number of rotatable bonds is 6. The molecule has 0 unspecified atom stereocenters. The molecule has 0 saturated heterocycles. The summed E-state index contributed by atoms with van der Waals surface area (Å²) in [4.78, 5) is 13.3. The molecule has 0 aromatic heterocycles. The van der Waals surface area contributed by atoms with E-state index in [4.69, 9.17) is 4.74 Å². The first kappa shape index (κ1) is 19.7. The number of carbonyl (C=O) groups is 1. The van der Waals surface area contributed by atoms with Gasteiger partial charge in [-0.3, -0.25) is 4.79 Å². The van der Waals surface area contributed by atoms with Crippen molar-refractivity contribution in [2.45, 2.75) is 58.5 Å². The maximum absolute atomic E-state index is 13.3. The van der Waals surface area contributed by atoms with Crippen molar-refractivity contribution < 1.29 is 9.53 Å². The van der Waals surface area contributed by atoms with E-state index in [0.29, 0.717) is 24.2 Å². The molecule has 1 fully saturated rings. The summed E-state index contributed by atoms with van der Waals surface area (Å²) < 4.78 is 6.19. The Hall–Kier alpha value is -2.09. The molecule has 2 aromatic carbocycles. The van der Waals surface area contributed by atoms with Crippen LogP contribution >= 0.6 is 0 Å². The van der Waals surface area contributed by atoms with Gasteiger partial charge in [-0.25, -0.2) is 0 Å². The lowest BCUT2D eigenvalue weighted by Crippen LogP contribution is -2.37. The van der Waals surface area contributed by atoms with Gasteiger partial charge >= 0.3 is 5.97 Å². The minimum absolute atomic E-state index is 0.0447. The van der Waals surface area contributed by atoms with Gasteiger partial charge in [-0.2, -0.15) is 0 Å². The molecule has 0 N–H and O–H groups in total. The van der Waals surface area contributed by atoms with Crippen LogP contribution in [0.4, 0.5) is 0 Å². The molecule has 3 rings (SSSR count). The number of hydrogen-bond acceptors (Lipinski definition) is 2. The van der Waals surface area contributed by atoms with Gasteiger partial charge in [-0.1, -0.05) is 87.9 Å². The highest BCUT2D eigenvalue weighted by Crippen LogP contribution is 2.36. The molecule has 4 atom stereocenters. The summed E-state index contributed by atoms with van der Waals surface area (Å²) >= 11 is 0. The highest BCUT2D eigenvalue weighted by atomic mass is 16.5. The Labute approximate surface area is 164 Å². The van der Waals surface area contributed by atoms with Crippen molar-refractivity contribution in [1.29, 1.82) is 0 Å². The van der Waals surface area contributed by atoms with Crippen molar-refractivity contribution in [1.82, 2.24) is 0 Å². The van der Waals surface area contributed by atoms with Crippen molar-refractivity contribution in [3.8, 4) is 0 Å².